The van der Waals surface area contributed by atoms with E-state index in [-0.39, 0.29) is 24.7 Å². The average molecular weight is 228 g/mol. The molecule has 0 unspecified atom stereocenters. The molecular formula is C12H20O4. The van der Waals surface area contributed by atoms with Crippen molar-refractivity contribution >= 4 is 0 Å². The maximum absolute atomic E-state index is 9.14. The lowest BCUT2D eigenvalue weighted by Gasteiger charge is -2.03. The van der Waals surface area contributed by atoms with Crippen LogP contribution in [0.25, 0.3) is 0 Å². The molecule has 0 amide bonds. The fourth-order valence-electron chi connectivity index (χ4n) is 1.01. The van der Waals surface area contributed by atoms with Crippen LogP contribution in [0.4, 0.5) is 0 Å². The molecule has 0 radical (unpaired) electrons. The van der Waals surface area contributed by atoms with Crippen LogP contribution in [0.15, 0.2) is 12.1 Å². The normalized spacial score (nSPS) is 9.50. The van der Waals surface area contributed by atoms with E-state index in [0.29, 0.717) is 0 Å². The first-order valence-electron chi connectivity index (χ1n) is 5.24. The van der Waals surface area contributed by atoms with Gasteiger partial charge in [-0.1, -0.05) is 6.07 Å². The Morgan fingerprint density at radius 2 is 1.44 bits per heavy atom. The molecule has 0 atom stereocenters. The molecule has 0 bridgehead atoms. The van der Waals surface area contributed by atoms with Crippen LogP contribution in [0.3, 0.4) is 0 Å². The molecule has 16 heavy (non-hydrogen) atoms. The molecule has 0 aliphatic carbocycles. The molecule has 4 heteroatoms. The summed E-state index contributed by atoms with van der Waals surface area (Å²) in [7, 11) is 0. The minimum Gasteiger partial charge on any atom is -0.504 e. The summed E-state index contributed by atoms with van der Waals surface area (Å²) in [5.41, 5.74) is 1.72. The first-order chi connectivity index (χ1) is 7.54. The highest BCUT2D eigenvalue weighted by Crippen LogP contribution is 2.29. The third kappa shape index (κ3) is 5.00. The van der Waals surface area contributed by atoms with Gasteiger partial charge in [0.15, 0.2) is 11.5 Å². The lowest BCUT2D eigenvalue weighted by molar-refractivity contribution is 0.242. The van der Waals surface area contributed by atoms with Crippen LogP contribution in [0, 0.1) is 13.8 Å². The zero-order valence-corrected chi connectivity index (χ0v) is 9.77. The summed E-state index contributed by atoms with van der Waals surface area (Å²) in [5.74, 6) is -0.0666. The number of hydrogen-bond acceptors (Lipinski definition) is 4. The second kappa shape index (κ2) is 7.96. The van der Waals surface area contributed by atoms with Crippen LogP contribution < -0.4 is 0 Å². The van der Waals surface area contributed by atoms with Gasteiger partial charge in [0, 0.05) is 13.2 Å². The molecular weight excluding hydrogens is 208 g/mol. The Kier molecular flexibility index (Phi) is 7.33. The number of aromatic hydroxyl groups is 2. The summed E-state index contributed by atoms with van der Waals surface area (Å²) in [6.45, 7) is 4.04. The highest BCUT2D eigenvalue weighted by atomic mass is 16.3. The summed E-state index contributed by atoms with van der Waals surface area (Å²) in [6, 6.07) is 3.25. The van der Waals surface area contributed by atoms with Crippen molar-refractivity contribution in [3.63, 3.8) is 0 Å². The van der Waals surface area contributed by atoms with Gasteiger partial charge in [-0.3, -0.25) is 0 Å². The van der Waals surface area contributed by atoms with Crippen LogP contribution in [0.1, 0.15) is 24.0 Å². The molecule has 0 aliphatic heterocycles. The standard InChI is InChI=1S/C8H10O2.C4H10O2/c1-5-3-4-7(9)8(10)6(5)2;5-3-1-2-4-6/h3-4,9-10H,1-2H3;5-6H,1-4H2. The Morgan fingerprint density at radius 1 is 0.938 bits per heavy atom. The van der Waals surface area contributed by atoms with Crippen molar-refractivity contribution in [1.29, 1.82) is 0 Å². The molecule has 4 N–H and O–H groups in total. The highest BCUT2D eigenvalue weighted by Gasteiger charge is 2.02. The molecule has 1 aromatic rings. The van der Waals surface area contributed by atoms with Crippen LogP contribution in [0.2, 0.25) is 0 Å². The SMILES string of the molecule is Cc1ccc(O)c(O)c1C.OCCCCO. The van der Waals surface area contributed by atoms with Gasteiger partial charge in [-0.15, -0.1) is 0 Å². The van der Waals surface area contributed by atoms with Crippen molar-refractivity contribution in [3.8, 4) is 11.5 Å². The van der Waals surface area contributed by atoms with E-state index in [9.17, 15) is 0 Å². The predicted molar refractivity (Wildman–Crippen MR) is 62.7 cm³/mol. The molecule has 0 aliphatic rings. The number of hydrogen-bond donors (Lipinski definition) is 4. The summed E-state index contributed by atoms with van der Waals surface area (Å²) in [6.07, 6.45) is 1.44. The van der Waals surface area contributed by atoms with E-state index in [1.165, 1.54) is 6.07 Å². The molecule has 4 nitrogen and oxygen atoms in total. The fraction of sp³-hybridized carbons (Fsp3) is 0.500. The Balaban J connectivity index is 0.000000325. The van der Waals surface area contributed by atoms with Gasteiger partial charge in [0.25, 0.3) is 0 Å². The third-order valence-electron chi connectivity index (χ3n) is 2.25. The lowest BCUT2D eigenvalue weighted by Crippen LogP contribution is -1.85. The zero-order valence-electron chi connectivity index (χ0n) is 9.77. The molecule has 0 aromatic heterocycles. The van der Waals surface area contributed by atoms with Crippen molar-refractivity contribution in [2.75, 3.05) is 13.2 Å². The molecule has 1 rings (SSSR count). The zero-order chi connectivity index (χ0) is 12.6. The van der Waals surface area contributed by atoms with E-state index in [1.54, 1.807) is 13.0 Å². The third-order valence-corrected chi connectivity index (χ3v) is 2.25. The Labute approximate surface area is 95.8 Å². The number of aliphatic hydroxyl groups excluding tert-OH is 2. The molecule has 92 valence electrons. The second-order valence-corrected chi connectivity index (χ2v) is 3.53. The van der Waals surface area contributed by atoms with Crippen molar-refractivity contribution in [1.82, 2.24) is 0 Å². The van der Waals surface area contributed by atoms with Gasteiger partial charge in [-0.2, -0.15) is 0 Å². The van der Waals surface area contributed by atoms with Gasteiger partial charge >= 0.3 is 0 Å². The van der Waals surface area contributed by atoms with Crippen LogP contribution >= 0.6 is 0 Å². The van der Waals surface area contributed by atoms with Crippen LogP contribution in [-0.4, -0.2) is 33.6 Å². The van der Waals surface area contributed by atoms with E-state index >= 15 is 0 Å². The van der Waals surface area contributed by atoms with Gasteiger partial charge in [-0.25, -0.2) is 0 Å². The van der Waals surface area contributed by atoms with E-state index in [0.717, 1.165) is 24.0 Å². The number of rotatable bonds is 3. The highest BCUT2D eigenvalue weighted by molar-refractivity contribution is 5.47. The van der Waals surface area contributed by atoms with Gasteiger partial charge in [0.05, 0.1) is 0 Å². The van der Waals surface area contributed by atoms with Gasteiger partial charge in [0.1, 0.15) is 0 Å². The summed E-state index contributed by atoms with van der Waals surface area (Å²) in [5, 5.41) is 34.3. The summed E-state index contributed by atoms with van der Waals surface area (Å²) >= 11 is 0. The molecule has 0 saturated heterocycles. The summed E-state index contributed by atoms with van der Waals surface area (Å²) < 4.78 is 0. The fourth-order valence-corrected chi connectivity index (χ4v) is 1.01. The van der Waals surface area contributed by atoms with Gasteiger partial charge in [0.2, 0.25) is 0 Å². The molecule has 0 spiro atoms. The number of unbranched alkanes of at least 4 members (excludes halogenated alkanes) is 1. The van der Waals surface area contributed by atoms with Crippen molar-refractivity contribution in [2.24, 2.45) is 0 Å². The Morgan fingerprint density at radius 3 is 1.81 bits per heavy atom. The predicted octanol–water partition coefficient (Wildman–Crippen LogP) is 1.47. The monoisotopic (exact) mass is 228 g/mol. The molecule has 0 fully saturated rings. The van der Waals surface area contributed by atoms with E-state index < -0.39 is 0 Å². The van der Waals surface area contributed by atoms with Crippen molar-refractivity contribution in [2.45, 2.75) is 26.7 Å². The Bertz CT molecular complexity index is 279. The van der Waals surface area contributed by atoms with Crippen LogP contribution in [-0.2, 0) is 0 Å². The second-order valence-electron chi connectivity index (χ2n) is 3.53. The van der Waals surface area contributed by atoms with Crippen molar-refractivity contribution < 1.29 is 20.4 Å². The average Bonchev–Trinajstić information content (AvgIpc) is 2.29. The van der Waals surface area contributed by atoms with Gasteiger partial charge < -0.3 is 20.4 Å². The molecule has 0 heterocycles. The summed E-state index contributed by atoms with van der Waals surface area (Å²) in [4.78, 5) is 0. The maximum Gasteiger partial charge on any atom is 0.160 e. The van der Waals surface area contributed by atoms with Crippen LogP contribution in [0.5, 0.6) is 11.5 Å². The smallest absolute Gasteiger partial charge is 0.160 e. The largest absolute Gasteiger partial charge is 0.504 e. The lowest BCUT2D eigenvalue weighted by atomic mass is 10.1. The van der Waals surface area contributed by atoms with Crippen molar-refractivity contribution in [3.05, 3.63) is 23.3 Å². The van der Waals surface area contributed by atoms with Gasteiger partial charge in [-0.05, 0) is 43.9 Å². The van der Waals surface area contributed by atoms with E-state index in [1.807, 2.05) is 6.92 Å². The number of aryl methyl sites for hydroxylation is 1. The number of benzene rings is 1. The topological polar surface area (TPSA) is 80.9 Å². The maximum atomic E-state index is 9.14. The minimum absolute atomic E-state index is 0.0139. The first kappa shape index (κ1) is 14.7. The number of phenols is 2. The van der Waals surface area contributed by atoms with E-state index in [2.05, 4.69) is 0 Å². The minimum atomic E-state index is -0.0527. The Hall–Kier alpha value is -1.26. The number of aliphatic hydroxyl groups is 2. The molecule has 1 aromatic carbocycles. The molecule has 0 saturated carbocycles. The first-order valence-corrected chi connectivity index (χ1v) is 5.24. The van der Waals surface area contributed by atoms with E-state index in [4.69, 9.17) is 20.4 Å². The quantitative estimate of drug-likeness (QED) is 0.466. The number of phenolic OH excluding ortho intramolecular Hbond substituents is 2.